The number of hydrogen-bond donors (Lipinski definition) is 0. The van der Waals surface area contributed by atoms with E-state index in [4.69, 9.17) is 4.74 Å². The predicted octanol–water partition coefficient (Wildman–Crippen LogP) is 5.44. The molecule has 0 saturated heterocycles. The van der Waals surface area contributed by atoms with Crippen LogP contribution in [0.1, 0.15) is 62.6 Å². The van der Waals surface area contributed by atoms with E-state index in [1.54, 1.807) is 13.8 Å². The van der Waals surface area contributed by atoms with E-state index in [-0.39, 0.29) is 25.5 Å². The molecule has 0 spiro atoms. The van der Waals surface area contributed by atoms with Gasteiger partial charge >= 0.3 is 5.97 Å². The third-order valence-electron chi connectivity index (χ3n) is 5.59. The molecule has 1 amide bonds. The molecule has 0 aliphatic carbocycles. The van der Waals surface area contributed by atoms with Crippen LogP contribution in [0.25, 0.3) is 0 Å². The zero-order chi connectivity index (χ0) is 22.7. The second-order valence-corrected chi connectivity index (χ2v) is 8.06. The van der Waals surface area contributed by atoms with Gasteiger partial charge in [0.15, 0.2) is 0 Å². The minimum Gasteiger partial charge on any atom is -0.463 e. The number of nitrogens with zero attached hydrogens (tertiary/aromatic N) is 1. The monoisotopic (exact) mass is 427 g/mol. The van der Waals surface area contributed by atoms with Crippen LogP contribution in [0.2, 0.25) is 0 Å². The minimum atomic E-state index is -0.713. The van der Waals surface area contributed by atoms with Gasteiger partial charge in [-0.2, -0.15) is 0 Å². The van der Waals surface area contributed by atoms with Gasteiger partial charge in [-0.05, 0) is 48.6 Å². The lowest BCUT2D eigenvalue weighted by Crippen LogP contribution is -2.38. The number of carbonyl (C=O) groups excluding carboxylic acids is 2. The maximum Gasteiger partial charge on any atom is 0.336 e. The Morgan fingerprint density at radius 3 is 2.29 bits per heavy atom. The van der Waals surface area contributed by atoms with Crippen LogP contribution < -0.4 is 0 Å². The van der Waals surface area contributed by atoms with Crippen molar-refractivity contribution >= 4 is 11.9 Å². The summed E-state index contributed by atoms with van der Waals surface area (Å²) in [5.74, 6) is -2.20. The van der Waals surface area contributed by atoms with Gasteiger partial charge in [0, 0.05) is 24.1 Å². The fraction of sp³-hybridized carbons (Fsp3) is 0.360. The van der Waals surface area contributed by atoms with Crippen molar-refractivity contribution in [3.05, 3.63) is 82.1 Å². The average Bonchev–Trinajstić information content (AvgIpc) is 2.70. The van der Waals surface area contributed by atoms with Crippen LogP contribution in [0, 0.1) is 11.6 Å². The SMILES string of the molecule is CCOC(=O)C1=C(C)N(Cc2cc(F)cc(F)c2)C(=O)CC1c1ccc(C(C)C)cc1. The molecule has 164 valence electrons. The van der Waals surface area contributed by atoms with Crippen LogP contribution in [-0.4, -0.2) is 23.4 Å². The van der Waals surface area contributed by atoms with E-state index >= 15 is 0 Å². The first-order valence-electron chi connectivity index (χ1n) is 10.4. The summed E-state index contributed by atoms with van der Waals surface area (Å²) < 4.78 is 32.5. The molecule has 1 aliphatic rings. The van der Waals surface area contributed by atoms with Gasteiger partial charge in [-0.15, -0.1) is 0 Å². The summed E-state index contributed by atoms with van der Waals surface area (Å²) in [6.45, 7) is 7.77. The highest BCUT2D eigenvalue weighted by atomic mass is 19.1. The molecule has 0 N–H and O–H groups in total. The van der Waals surface area contributed by atoms with E-state index in [1.165, 1.54) is 22.6 Å². The van der Waals surface area contributed by atoms with Gasteiger partial charge in [0.25, 0.3) is 0 Å². The molecule has 4 nitrogen and oxygen atoms in total. The Hall–Kier alpha value is -3.02. The fourth-order valence-electron chi connectivity index (χ4n) is 3.96. The number of amides is 1. The summed E-state index contributed by atoms with van der Waals surface area (Å²) in [4.78, 5) is 27.3. The molecular weight excluding hydrogens is 400 g/mol. The van der Waals surface area contributed by atoms with Gasteiger partial charge in [-0.1, -0.05) is 38.1 Å². The zero-order valence-corrected chi connectivity index (χ0v) is 18.2. The fourth-order valence-corrected chi connectivity index (χ4v) is 3.96. The van der Waals surface area contributed by atoms with Crippen LogP contribution in [-0.2, 0) is 20.9 Å². The molecular formula is C25H27F2NO3. The molecule has 1 unspecified atom stereocenters. The second-order valence-electron chi connectivity index (χ2n) is 8.06. The van der Waals surface area contributed by atoms with Crippen LogP contribution in [0.3, 0.4) is 0 Å². The number of ether oxygens (including phenoxy) is 1. The molecule has 0 aromatic heterocycles. The number of esters is 1. The molecule has 0 saturated carbocycles. The van der Waals surface area contributed by atoms with Gasteiger partial charge < -0.3 is 9.64 Å². The summed E-state index contributed by atoms with van der Waals surface area (Å²) >= 11 is 0. The Bertz CT molecular complexity index is 992. The highest BCUT2D eigenvalue weighted by Crippen LogP contribution is 2.38. The lowest BCUT2D eigenvalue weighted by molar-refractivity contribution is -0.140. The Labute approximate surface area is 181 Å². The standard InChI is InChI=1S/C25H27F2NO3/c1-5-31-25(30)24-16(4)28(14-17-10-20(26)12-21(27)11-17)23(29)13-22(24)19-8-6-18(7-9-19)15(2)3/h6-12,15,22H,5,13-14H2,1-4H3. The maximum absolute atomic E-state index is 13.6. The van der Waals surface area contributed by atoms with Crippen LogP contribution in [0.4, 0.5) is 8.78 Å². The van der Waals surface area contributed by atoms with Crippen molar-refractivity contribution < 1.29 is 23.1 Å². The molecule has 0 fully saturated rings. The van der Waals surface area contributed by atoms with Crippen LogP contribution in [0.5, 0.6) is 0 Å². The van der Waals surface area contributed by atoms with Crippen LogP contribution in [0.15, 0.2) is 53.7 Å². The highest BCUT2D eigenvalue weighted by Gasteiger charge is 2.37. The predicted molar refractivity (Wildman–Crippen MR) is 114 cm³/mol. The Balaban J connectivity index is 2.02. The van der Waals surface area contributed by atoms with Crippen molar-refractivity contribution in [1.29, 1.82) is 0 Å². The van der Waals surface area contributed by atoms with Gasteiger partial charge in [-0.25, -0.2) is 13.6 Å². The van der Waals surface area contributed by atoms with Crippen molar-refractivity contribution in [3.8, 4) is 0 Å². The lowest BCUT2D eigenvalue weighted by Gasteiger charge is -2.34. The van der Waals surface area contributed by atoms with Crippen molar-refractivity contribution in [2.45, 2.75) is 52.5 Å². The zero-order valence-electron chi connectivity index (χ0n) is 18.2. The van der Waals surface area contributed by atoms with E-state index < -0.39 is 23.5 Å². The highest BCUT2D eigenvalue weighted by molar-refractivity contribution is 5.95. The summed E-state index contributed by atoms with van der Waals surface area (Å²) in [6, 6.07) is 11.0. The maximum atomic E-state index is 13.6. The number of halogens is 2. The molecule has 1 aliphatic heterocycles. The first kappa shape index (κ1) is 22.7. The minimum absolute atomic E-state index is 0.0265. The molecule has 6 heteroatoms. The molecule has 1 heterocycles. The lowest BCUT2D eigenvalue weighted by atomic mass is 9.83. The number of carbonyl (C=O) groups is 2. The summed E-state index contributed by atoms with van der Waals surface area (Å²) in [7, 11) is 0. The van der Waals surface area contributed by atoms with E-state index in [0.717, 1.165) is 11.6 Å². The summed E-state index contributed by atoms with van der Waals surface area (Å²) in [5.41, 5.74) is 3.18. The molecule has 31 heavy (non-hydrogen) atoms. The Morgan fingerprint density at radius 2 is 1.74 bits per heavy atom. The first-order valence-corrected chi connectivity index (χ1v) is 10.4. The largest absolute Gasteiger partial charge is 0.463 e. The van der Waals surface area contributed by atoms with Crippen molar-refractivity contribution in [1.82, 2.24) is 4.90 Å². The summed E-state index contributed by atoms with van der Waals surface area (Å²) in [5, 5.41) is 0. The molecule has 2 aromatic carbocycles. The van der Waals surface area contributed by atoms with E-state index in [2.05, 4.69) is 13.8 Å². The smallest absolute Gasteiger partial charge is 0.336 e. The van der Waals surface area contributed by atoms with Gasteiger partial charge in [0.1, 0.15) is 11.6 Å². The number of hydrogen-bond acceptors (Lipinski definition) is 3. The van der Waals surface area contributed by atoms with Crippen molar-refractivity contribution in [3.63, 3.8) is 0 Å². The number of allylic oxidation sites excluding steroid dienone is 1. The van der Waals surface area contributed by atoms with Gasteiger partial charge in [-0.3, -0.25) is 4.79 Å². The molecule has 0 radical (unpaired) electrons. The number of rotatable bonds is 6. The molecule has 1 atom stereocenters. The normalized spacial score (nSPS) is 16.8. The topological polar surface area (TPSA) is 46.6 Å². The third-order valence-corrected chi connectivity index (χ3v) is 5.59. The van der Waals surface area contributed by atoms with Gasteiger partial charge in [0.05, 0.1) is 18.7 Å². The van der Waals surface area contributed by atoms with Gasteiger partial charge in [0.2, 0.25) is 5.91 Å². The van der Waals surface area contributed by atoms with E-state index in [1.807, 2.05) is 24.3 Å². The first-order chi connectivity index (χ1) is 14.7. The molecule has 0 bridgehead atoms. The van der Waals surface area contributed by atoms with Crippen molar-refractivity contribution in [2.24, 2.45) is 0 Å². The van der Waals surface area contributed by atoms with E-state index in [0.29, 0.717) is 22.8 Å². The molecule has 3 rings (SSSR count). The Kier molecular flexibility index (Phi) is 6.88. The van der Waals surface area contributed by atoms with Crippen LogP contribution >= 0.6 is 0 Å². The average molecular weight is 427 g/mol. The quantitative estimate of drug-likeness (QED) is 0.577. The van der Waals surface area contributed by atoms with E-state index in [9.17, 15) is 18.4 Å². The van der Waals surface area contributed by atoms with Crippen molar-refractivity contribution in [2.75, 3.05) is 6.61 Å². The third kappa shape index (κ3) is 5.01. The molecule has 2 aromatic rings. The number of benzene rings is 2. The Morgan fingerprint density at radius 1 is 1.13 bits per heavy atom. The second kappa shape index (κ2) is 9.41. The summed E-state index contributed by atoms with van der Waals surface area (Å²) in [6.07, 6.45) is 0.0737.